The molecule has 0 saturated heterocycles. The summed E-state index contributed by atoms with van der Waals surface area (Å²) in [4.78, 5) is 19.0. The quantitative estimate of drug-likeness (QED) is 0.775. The monoisotopic (exact) mass is 191 g/mol. The molecule has 1 aliphatic carbocycles. The van der Waals surface area contributed by atoms with Gasteiger partial charge in [0.25, 0.3) is 0 Å². The van der Waals surface area contributed by atoms with Crippen molar-refractivity contribution in [3.05, 3.63) is 23.8 Å². The molecule has 1 aromatic rings. The standard InChI is InChI=1S/C10H13N3O/c1-7(14)11-5-9-4-10(8-2-3-8)13-6-12-9/h4,6,8H,2-3,5H2,1H3,(H,11,14). The molecule has 0 unspecified atom stereocenters. The van der Waals surface area contributed by atoms with Crippen LogP contribution < -0.4 is 5.32 Å². The molecule has 1 N–H and O–H groups in total. The molecule has 1 heterocycles. The molecular formula is C10H13N3O. The van der Waals surface area contributed by atoms with Gasteiger partial charge in [-0.15, -0.1) is 0 Å². The molecule has 14 heavy (non-hydrogen) atoms. The Hall–Kier alpha value is -1.45. The van der Waals surface area contributed by atoms with E-state index in [1.807, 2.05) is 6.07 Å². The van der Waals surface area contributed by atoms with Gasteiger partial charge in [-0.2, -0.15) is 0 Å². The average molecular weight is 191 g/mol. The number of aromatic nitrogens is 2. The van der Waals surface area contributed by atoms with E-state index in [0.717, 1.165) is 11.4 Å². The van der Waals surface area contributed by atoms with Crippen molar-refractivity contribution in [1.82, 2.24) is 15.3 Å². The lowest BCUT2D eigenvalue weighted by atomic mass is 10.2. The molecule has 2 rings (SSSR count). The van der Waals surface area contributed by atoms with E-state index in [1.54, 1.807) is 6.33 Å². The third-order valence-electron chi connectivity index (χ3n) is 2.26. The maximum atomic E-state index is 10.7. The van der Waals surface area contributed by atoms with Crippen molar-refractivity contribution in [2.24, 2.45) is 0 Å². The number of hydrogen-bond donors (Lipinski definition) is 1. The van der Waals surface area contributed by atoms with Gasteiger partial charge in [0.15, 0.2) is 0 Å². The molecule has 4 heteroatoms. The average Bonchev–Trinajstić information content (AvgIpc) is 2.98. The maximum absolute atomic E-state index is 10.7. The molecule has 1 aromatic heterocycles. The second-order valence-corrected chi connectivity index (χ2v) is 3.62. The van der Waals surface area contributed by atoms with Gasteiger partial charge in [0.1, 0.15) is 6.33 Å². The third-order valence-corrected chi connectivity index (χ3v) is 2.26. The third kappa shape index (κ3) is 2.28. The highest BCUT2D eigenvalue weighted by Gasteiger charge is 2.25. The Labute approximate surface area is 82.8 Å². The molecule has 0 spiro atoms. The van der Waals surface area contributed by atoms with Crippen molar-refractivity contribution < 1.29 is 4.79 Å². The Bertz CT molecular complexity index is 347. The van der Waals surface area contributed by atoms with Crippen LogP contribution in [0.5, 0.6) is 0 Å². The number of nitrogens with one attached hydrogen (secondary N) is 1. The zero-order valence-electron chi connectivity index (χ0n) is 8.16. The summed E-state index contributed by atoms with van der Waals surface area (Å²) >= 11 is 0. The molecule has 0 radical (unpaired) electrons. The van der Waals surface area contributed by atoms with Crippen LogP contribution >= 0.6 is 0 Å². The predicted molar refractivity (Wildman–Crippen MR) is 51.5 cm³/mol. The Morgan fingerprint density at radius 2 is 2.36 bits per heavy atom. The van der Waals surface area contributed by atoms with E-state index in [0.29, 0.717) is 12.5 Å². The zero-order valence-corrected chi connectivity index (χ0v) is 8.16. The predicted octanol–water partition coefficient (Wildman–Crippen LogP) is 0.990. The van der Waals surface area contributed by atoms with E-state index in [9.17, 15) is 4.79 Å². The van der Waals surface area contributed by atoms with Gasteiger partial charge in [-0.1, -0.05) is 0 Å². The lowest BCUT2D eigenvalue weighted by Gasteiger charge is -2.02. The highest BCUT2D eigenvalue weighted by atomic mass is 16.1. The van der Waals surface area contributed by atoms with Gasteiger partial charge in [0.05, 0.1) is 12.2 Å². The first kappa shape index (κ1) is 9.12. The highest BCUT2D eigenvalue weighted by molar-refractivity contribution is 5.72. The number of nitrogens with zero attached hydrogens (tertiary/aromatic N) is 2. The van der Waals surface area contributed by atoms with Gasteiger partial charge in [0.2, 0.25) is 5.91 Å². The van der Waals surface area contributed by atoms with Crippen LogP contribution in [-0.4, -0.2) is 15.9 Å². The summed E-state index contributed by atoms with van der Waals surface area (Å²) in [5, 5.41) is 2.72. The normalized spacial score (nSPS) is 15.2. The van der Waals surface area contributed by atoms with Crippen molar-refractivity contribution >= 4 is 5.91 Å². The van der Waals surface area contributed by atoms with Crippen molar-refractivity contribution in [2.75, 3.05) is 0 Å². The Kier molecular flexibility index (Phi) is 2.43. The van der Waals surface area contributed by atoms with Crippen LogP contribution in [0.25, 0.3) is 0 Å². The molecule has 1 saturated carbocycles. The van der Waals surface area contributed by atoms with Crippen LogP contribution in [0, 0.1) is 0 Å². The molecule has 0 bridgehead atoms. The fraction of sp³-hybridized carbons (Fsp3) is 0.500. The second-order valence-electron chi connectivity index (χ2n) is 3.62. The minimum absolute atomic E-state index is 0.0309. The molecular weight excluding hydrogens is 178 g/mol. The molecule has 1 fully saturated rings. The maximum Gasteiger partial charge on any atom is 0.217 e. The lowest BCUT2D eigenvalue weighted by Crippen LogP contribution is -2.19. The van der Waals surface area contributed by atoms with Crippen molar-refractivity contribution in [3.63, 3.8) is 0 Å². The summed E-state index contributed by atoms with van der Waals surface area (Å²) < 4.78 is 0. The Morgan fingerprint density at radius 1 is 1.57 bits per heavy atom. The van der Waals surface area contributed by atoms with E-state index in [1.165, 1.54) is 19.8 Å². The minimum Gasteiger partial charge on any atom is -0.351 e. The van der Waals surface area contributed by atoms with Crippen molar-refractivity contribution in [1.29, 1.82) is 0 Å². The Balaban J connectivity index is 2.02. The summed E-state index contributed by atoms with van der Waals surface area (Å²) in [5.41, 5.74) is 2.00. The number of hydrogen-bond acceptors (Lipinski definition) is 3. The largest absolute Gasteiger partial charge is 0.351 e. The lowest BCUT2D eigenvalue weighted by molar-refractivity contribution is -0.119. The number of carbonyl (C=O) groups excluding carboxylic acids is 1. The van der Waals surface area contributed by atoms with Gasteiger partial charge < -0.3 is 5.32 Å². The van der Waals surface area contributed by atoms with E-state index in [4.69, 9.17) is 0 Å². The molecule has 0 aliphatic heterocycles. The molecule has 74 valence electrons. The van der Waals surface area contributed by atoms with Crippen LogP contribution in [0.2, 0.25) is 0 Å². The topological polar surface area (TPSA) is 54.9 Å². The first-order chi connectivity index (χ1) is 6.75. The molecule has 0 atom stereocenters. The van der Waals surface area contributed by atoms with Crippen LogP contribution in [-0.2, 0) is 11.3 Å². The highest BCUT2D eigenvalue weighted by Crippen LogP contribution is 2.38. The molecule has 0 aromatic carbocycles. The Morgan fingerprint density at radius 3 is 3.00 bits per heavy atom. The van der Waals surface area contributed by atoms with E-state index < -0.39 is 0 Å². The van der Waals surface area contributed by atoms with Crippen LogP contribution in [0.1, 0.15) is 37.1 Å². The fourth-order valence-electron chi connectivity index (χ4n) is 1.33. The van der Waals surface area contributed by atoms with Gasteiger partial charge in [-0.05, 0) is 18.9 Å². The minimum atomic E-state index is -0.0309. The van der Waals surface area contributed by atoms with E-state index in [2.05, 4.69) is 15.3 Å². The molecule has 1 aliphatic rings. The molecule has 1 amide bonds. The van der Waals surface area contributed by atoms with Gasteiger partial charge in [-0.3, -0.25) is 4.79 Å². The second kappa shape index (κ2) is 3.74. The van der Waals surface area contributed by atoms with Gasteiger partial charge in [0, 0.05) is 18.5 Å². The smallest absolute Gasteiger partial charge is 0.217 e. The first-order valence-electron chi connectivity index (χ1n) is 4.81. The number of rotatable bonds is 3. The van der Waals surface area contributed by atoms with Crippen molar-refractivity contribution in [2.45, 2.75) is 32.2 Å². The summed E-state index contributed by atoms with van der Waals surface area (Å²) in [7, 11) is 0. The fourth-order valence-corrected chi connectivity index (χ4v) is 1.33. The SMILES string of the molecule is CC(=O)NCc1cc(C2CC2)ncn1. The van der Waals surface area contributed by atoms with Crippen LogP contribution in [0.3, 0.4) is 0 Å². The number of amides is 1. The number of carbonyl (C=O) groups is 1. The summed E-state index contributed by atoms with van der Waals surface area (Å²) in [6.07, 6.45) is 4.04. The van der Waals surface area contributed by atoms with Crippen LogP contribution in [0.15, 0.2) is 12.4 Å². The first-order valence-corrected chi connectivity index (χ1v) is 4.81. The molecule has 4 nitrogen and oxygen atoms in total. The van der Waals surface area contributed by atoms with Crippen LogP contribution in [0.4, 0.5) is 0 Å². The van der Waals surface area contributed by atoms with Gasteiger partial charge >= 0.3 is 0 Å². The summed E-state index contributed by atoms with van der Waals surface area (Å²) in [6, 6.07) is 1.98. The summed E-state index contributed by atoms with van der Waals surface area (Å²) in [5.74, 6) is 0.602. The van der Waals surface area contributed by atoms with Crippen molar-refractivity contribution in [3.8, 4) is 0 Å². The van der Waals surface area contributed by atoms with E-state index in [-0.39, 0.29) is 5.91 Å². The van der Waals surface area contributed by atoms with E-state index >= 15 is 0 Å². The summed E-state index contributed by atoms with van der Waals surface area (Å²) in [6.45, 7) is 2.00. The zero-order chi connectivity index (χ0) is 9.97. The van der Waals surface area contributed by atoms with Gasteiger partial charge in [-0.25, -0.2) is 9.97 Å².